The second-order valence-corrected chi connectivity index (χ2v) is 13.0. The number of ether oxygens (including phenoxy) is 2. The van der Waals surface area contributed by atoms with Crippen molar-refractivity contribution >= 4 is 27.9 Å². The lowest BCUT2D eigenvalue weighted by Gasteiger charge is -2.29. The summed E-state index contributed by atoms with van der Waals surface area (Å²) in [5.74, 6) is -0.603. The molecule has 3 aromatic rings. The van der Waals surface area contributed by atoms with Gasteiger partial charge in [-0.1, -0.05) is 78.9 Å². The number of benzene rings is 3. The van der Waals surface area contributed by atoms with E-state index in [1.807, 2.05) is 60.7 Å². The molecular formula is C35H41FN4O7S. The first-order valence-corrected chi connectivity index (χ1v) is 17.3. The third-order valence-electron chi connectivity index (χ3n) is 7.59. The second-order valence-electron chi connectivity index (χ2n) is 11.2. The van der Waals surface area contributed by atoms with Crippen molar-refractivity contribution in [3.63, 3.8) is 0 Å². The molecule has 0 aromatic heterocycles. The van der Waals surface area contributed by atoms with Crippen LogP contribution in [0.25, 0.3) is 0 Å². The first kappa shape index (κ1) is 36.1. The van der Waals surface area contributed by atoms with E-state index in [1.165, 1.54) is 24.3 Å². The number of nitrogens with one attached hydrogen (secondary N) is 3. The Kier molecular flexibility index (Phi) is 13.9. The summed E-state index contributed by atoms with van der Waals surface area (Å²) < 4.78 is 51.9. The average Bonchev–Trinajstić information content (AvgIpc) is 3.11. The Bertz CT molecular complexity index is 1600. The number of morpholine rings is 1. The second kappa shape index (κ2) is 18.6. The fraction of sp³-hybridized carbons (Fsp3) is 0.343. The average molecular weight is 681 g/mol. The van der Waals surface area contributed by atoms with Gasteiger partial charge in [-0.05, 0) is 48.6 Å². The molecule has 48 heavy (non-hydrogen) atoms. The summed E-state index contributed by atoms with van der Waals surface area (Å²) in [6, 6.07) is 23.0. The maximum Gasteiger partial charge on any atom is 0.407 e. The molecule has 3 aromatic carbocycles. The van der Waals surface area contributed by atoms with Crippen molar-refractivity contribution in [1.29, 1.82) is 0 Å². The van der Waals surface area contributed by atoms with Crippen LogP contribution in [0.2, 0.25) is 0 Å². The summed E-state index contributed by atoms with van der Waals surface area (Å²) in [7, 11) is -4.47. The minimum atomic E-state index is -4.47. The molecule has 0 saturated carbocycles. The Labute approximate surface area is 280 Å². The van der Waals surface area contributed by atoms with E-state index in [0.717, 1.165) is 17.2 Å². The van der Waals surface area contributed by atoms with Crippen molar-refractivity contribution in [2.24, 2.45) is 0 Å². The highest BCUT2D eigenvalue weighted by atomic mass is 32.2. The predicted molar refractivity (Wildman–Crippen MR) is 178 cm³/mol. The van der Waals surface area contributed by atoms with Gasteiger partial charge in [0, 0.05) is 26.1 Å². The summed E-state index contributed by atoms with van der Waals surface area (Å²) in [4.78, 5) is 40.2. The molecule has 3 N–H and O–H groups in total. The van der Waals surface area contributed by atoms with Crippen molar-refractivity contribution in [2.45, 2.75) is 49.3 Å². The standard InChI is InChI=1S/C35H41FN4O7S/c36-32(48(44,45)30-17-8-3-9-18-30)25-29(16-10-11-19-37-35(43)47-26-28-14-6-2-7-15-28)38-33(41)31(24-27-12-4-1-5-13-27)39-34(42)40-20-22-46-23-21-40/h1-9,12-15,17-18,25,29,31H,10-11,16,19-24,26H2,(H,37,43)(H,38,41)(H,39,42). The van der Waals surface area contributed by atoms with Gasteiger partial charge in [-0.15, -0.1) is 0 Å². The lowest BCUT2D eigenvalue weighted by molar-refractivity contribution is -0.123. The number of nitrogens with zero attached hydrogens (tertiary/aromatic N) is 1. The number of urea groups is 1. The largest absolute Gasteiger partial charge is 0.445 e. The normalized spacial score (nSPS) is 14.8. The number of hydrogen-bond donors (Lipinski definition) is 3. The van der Waals surface area contributed by atoms with E-state index >= 15 is 4.39 Å². The first-order chi connectivity index (χ1) is 23.2. The molecule has 13 heteroatoms. The summed E-state index contributed by atoms with van der Waals surface area (Å²) in [6.07, 6.45) is 1.42. The van der Waals surface area contributed by atoms with E-state index in [4.69, 9.17) is 9.47 Å². The number of rotatable bonds is 15. The van der Waals surface area contributed by atoms with Crippen LogP contribution >= 0.6 is 0 Å². The van der Waals surface area contributed by atoms with Crippen LogP contribution in [0.4, 0.5) is 14.0 Å². The molecule has 0 radical (unpaired) electrons. The molecule has 1 aliphatic heterocycles. The summed E-state index contributed by atoms with van der Waals surface area (Å²) >= 11 is 0. The quantitative estimate of drug-likeness (QED) is 0.201. The van der Waals surface area contributed by atoms with Gasteiger partial charge in [0.25, 0.3) is 0 Å². The van der Waals surface area contributed by atoms with E-state index in [0.29, 0.717) is 39.1 Å². The van der Waals surface area contributed by atoms with E-state index in [9.17, 15) is 22.8 Å². The van der Waals surface area contributed by atoms with Gasteiger partial charge >= 0.3 is 12.1 Å². The Balaban J connectivity index is 1.43. The molecule has 4 amide bonds. The molecule has 1 aliphatic rings. The highest BCUT2D eigenvalue weighted by molar-refractivity contribution is 7.95. The van der Waals surface area contributed by atoms with Gasteiger partial charge in [0.05, 0.1) is 24.2 Å². The monoisotopic (exact) mass is 680 g/mol. The van der Waals surface area contributed by atoms with Crippen LogP contribution in [-0.2, 0) is 37.1 Å². The van der Waals surface area contributed by atoms with Crippen LogP contribution in [0.3, 0.4) is 0 Å². The smallest absolute Gasteiger partial charge is 0.407 e. The molecule has 11 nitrogen and oxygen atoms in total. The number of sulfone groups is 1. The minimum absolute atomic E-state index is 0.118. The third kappa shape index (κ3) is 11.5. The van der Waals surface area contributed by atoms with Crippen molar-refractivity contribution in [2.75, 3.05) is 32.8 Å². The molecule has 1 saturated heterocycles. The van der Waals surface area contributed by atoms with Crippen molar-refractivity contribution < 1.29 is 36.7 Å². The SMILES string of the molecule is O=C(NCCCCC(C=C(F)S(=O)(=O)c1ccccc1)NC(=O)C(Cc1ccccc1)NC(=O)N1CCOCC1)OCc1ccccc1. The fourth-order valence-electron chi connectivity index (χ4n) is 4.96. The van der Waals surface area contributed by atoms with Gasteiger partial charge in [0.1, 0.15) is 12.6 Å². The lowest BCUT2D eigenvalue weighted by atomic mass is 10.0. The molecule has 1 fully saturated rings. The number of carbonyl (C=O) groups is 3. The van der Waals surface area contributed by atoms with E-state index in [1.54, 1.807) is 11.0 Å². The van der Waals surface area contributed by atoms with Crippen molar-refractivity contribution in [1.82, 2.24) is 20.9 Å². The van der Waals surface area contributed by atoms with Gasteiger partial charge in [0.2, 0.25) is 20.9 Å². The zero-order valence-corrected chi connectivity index (χ0v) is 27.4. The fourth-order valence-corrected chi connectivity index (χ4v) is 6.04. The highest BCUT2D eigenvalue weighted by Crippen LogP contribution is 2.21. The number of halogens is 1. The van der Waals surface area contributed by atoms with Crippen LogP contribution in [0, 0.1) is 0 Å². The zero-order valence-electron chi connectivity index (χ0n) is 26.6. The van der Waals surface area contributed by atoms with Crippen molar-refractivity contribution in [3.05, 3.63) is 113 Å². The van der Waals surface area contributed by atoms with Crippen LogP contribution in [0.1, 0.15) is 30.4 Å². The molecule has 0 aliphatic carbocycles. The lowest BCUT2D eigenvalue weighted by Crippen LogP contribution is -2.55. The number of alkyl carbamates (subject to hydrolysis) is 1. The van der Waals surface area contributed by atoms with Crippen LogP contribution < -0.4 is 16.0 Å². The molecule has 1 heterocycles. The number of unbranched alkanes of at least 4 members (excludes halogenated alkanes) is 1. The summed E-state index contributed by atoms with van der Waals surface area (Å²) in [6.45, 7) is 1.86. The Hall–Kier alpha value is -4.75. The van der Waals surface area contributed by atoms with Crippen molar-refractivity contribution in [3.8, 4) is 0 Å². The van der Waals surface area contributed by atoms with E-state index in [-0.39, 0.29) is 30.9 Å². The molecule has 4 rings (SSSR count). The van der Waals surface area contributed by atoms with Gasteiger partial charge < -0.3 is 30.3 Å². The first-order valence-electron chi connectivity index (χ1n) is 15.8. The summed E-state index contributed by atoms with van der Waals surface area (Å²) in [5, 5.41) is 6.79. The van der Waals surface area contributed by atoms with Gasteiger partial charge in [-0.2, -0.15) is 4.39 Å². The molecule has 2 unspecified atom stereocenters. The zero-order chi connectivity index (χ0) is 34.2. The molecule has 256 valence electrons. The van der Waals surface area contributed by atoms with Crippen LogP contribution in [0.15, 0.2) is 107 Å². The topological polar surface area (TPSA) is 143 Å². The van der Waals surface area contributed by atoms with Gasteiger partial charge in [-0.3, -0.25) is 4.79 Å². The maximum absolute atomic E-state index is 15.4. The Morgan fingerprint density at radius 1 is 0.854 bits per heavy atom. The maximum atomic E-state index is 15.4. The van der Waals surface area contributed by atoms with Crippen LogP contribution in [0.5, 0.6) is 0 Å². The minimum Gasteiger partial charge on any atom is -0.445 e. The molecule has 0 bridgehead atoms. The number of hydrogen-bond acceptors (Lipinski definition) is 7. The van der Waals surface area contributed by atoms with Crippen LogP contribution in [-0.4, -0.2) is 76.3 Å². The highest BCUT2D eigenvalue weighted by Gasteiger charge is 2.28. The van der Waals surface area contributed by atoms with E-state index < -0.39 is 45.1 Å². The number of amides is 4. The Morgan fingerprint density at radius 2 is 1.46 bits per heavy atom. The van der Waals surface area contributed by atoms with Gasteiger partial charge in [0.15, 0.2) is 0 Å². The molecule has 0 spiro atoms. The number of carbonyl (C=O) groups excluding carboxylic acids is 3. The molecule has 2 atom stereocenters. The molecular weight excluding hydrogens is 639 g/mol. The van der Waals surface area contributed by atoms with E-state index in [2.05, 4.69) is 16.0 Å². The van der Waals surface area contributed by atoms with Gasteiger partial charge in [-0.25, -0.2) is 18.0 Å². The summed E-state index contributed by atoms with van der Waals surface area (Å²) in [5.41, 5.74) is 1.63. The Morgan fingerprint density at radius 3 is 2.10 bits per heavy atom. The third-order valence-corrected chi connectivity index (χ3v) is 9.13. The predicted octanol–water partition coefficient (Wildman–Crippen LogP) is 4.51.